The van der Waals surface area contributed by atoms with Gasteiger partial charge in [0.2, 0.25) is 0 Å². The largest absolute Gasteiger partial charge is 0.395 e. The van der Waals surface area contributed by atoms with Crippen LogP contribution in [-0.4, -0.2) is 31.5 Å². The molecule has 3 N–H and O–H groups in total. The molecule has 0 aliphatic heterocycles. The molecule has 0 amide bonds. The van der Waals surface area contributed by atoms with Crippen molar-refractivity contribution in [3.63, 3.8) is 0 Å². The maximum atomic E-state index is 8.47. The lowest BCUT2D eigenvalue weighted by Gasteiger charge is -1.99. The molecule has 0 saturated heterocycles. The Kier molecular flexibility index (Phi) is 6.19. The lowest BCUT2D eigenvalue weighted by Crippen LogP contribution is -2.23. The molecule has 0 aromatic carbocycles. The third-order valence-corrected chi connectivity index (χ3v) is 0.940. The van der Waals surface area contributed by atoms with Gasteiger partial charge >= 0.3 is 0 Å². The zero-order valence-electron chi connectivity index (χ0n) is 6.13. The van der Waals surface area contributed by atoms with Gasteiger partial charge in [-0.15, -0.1) is 0 Å². The number of rotatable bonds is 3. The van der Waals surface area contributed by atoms with Gasteiger partial charge in [-0.1, -0.05) is 11.8 Å². The minimum Gasteiger partial charge on any atom is -0.395 e. The van der Waals surface area contributed by atoms with Crippen LogP contribution < -0.4 is 5.73 Å². The second kappa shape index (κ2) is 6.56. The summed E-state index contributed by atoms with van der Waals surface area (Å²) in [5, 5.41) is 8.47. The topological polar surface area (TPSA) is 55.5 Å². The molecule has 0 aromatic heterocycles. The Hall–Kier alpha value is -0.560. The van der Waals surface area contributed by atoms with Crippen molar-refractivity contribution in [1.82, 2.24) is 0 Å². The number of hydrogen-bond donors (Lipinski definition) is 2. The summed E-state index contributed by atoms with van der Waals surface area (Å²) >= 11 is 0. The minimum absolute atomic E-state index is 0.0122. The lowest BCUT2D eigenvalue weighted by molar-refractivity contribution is 0.239. The first-order valence-corrected chi connectivity index (χ1v) is 3.12. The number of aliphatic hydroxyl groups is 1. The Labute approximate surface area is 61.2 Å². The monoisotopic (exact) mass is 143 g/mol. The fraction of sp³-hybridized carbons (Fsp3) is 0.714. The quantitative estimate of drug-likeness (QED) is 0.516. The summed E-state index contributed by atoms with van der Waals surface area (Å²) in [7, 11) is 1.58. The van der Waals surface area contributed by atoms with E-state index in [1.807, 2.05) is 0 Å². The molecule has 0 bridgehead atoms. The Balaban J connectivity index is 3.26. The molecule has 0 unspecified atom stereocenters. The van der Waals surface area contributed by atoms with E-state index in [9.17, 15) is 0 Å². The standard InChI is InChI=1S/C7H13NO2/c1-10-5-3-2-4-7(8)6-9/h7,9H,4-6,8H2,1H3/t7-/m1/s1. The van der Waals surface area contributed by atoms with Gasteiger partial charge in [0, 0.05) is 19.6 Å². The van der Waals surface area contributed by atoms with Crippen LogP contribution in [0.1, 0.15) is 6.42 Å². The highest BCUT2D eigenvalue weighted by Gasteiger charge is 1.93. The first kappa shape index (κ1) is 9.44. The summed E-state index contributed by atoms with van der Waals surface area (Å²) < 4.78 is 4.68. The maximum absolute atomic E-state index is 8.47. The summed E-state index contributed by atoms with van der Waals surface area (Å²) in [6.45, 7) is 0.416. The van der Waals surface area contributed by atoms with Crippen LogP contribution in [0, 0.1) is 11.8 Å². The van der Waals surface area contributed by atoms with Gasteiger partial charge in [-0.3, -0.25) is 0 Å². The number of nitrogens with two attached hydrogens (primary N) is 1. The molecule has 3 nitrogen and oxygen atoms in total. The van der Waals surface area contributed by atoms with E-state index in [0.717, 1.165) is 0 Å². The first-order chi connectivity index (χ1) is 4.81. The van der Waals surface area contributed by atoms with Crippen LogP contribution in [0.25, 0.3) is 0 Å². The van der Waals surface area contributed by atoms with Gasteiger partial charge in [-0.2, -0.15) is 0 Å². The molecule has 58 valence electrons. The Morgan fingerprint density at radius 1 is 1.60 bits per heavy atom. The zero-order chi connectivity index (χ0) is 7.82. The SMILES string of the molecule is COCC#CC[C@@H](N)CO. The third-order valence-electron chi connectivity index (χ3n) is 0.940. The first-order valence-electron chi connectivity index (χ1n) is 3.12. The highest BCUT2D eigenvalue weighted by atomic mass is 16.5. The van der Waals surface area contributed by atoms with Crippen molar-refractivity contribution in [2.75, 3.05) is 20.3 Å². The molecule has 0 radical (unpaired) electrons. The summed E-state index contributed by atoms with van der Waals surface area (Å²) in [6, 6.07) is -0.218. The average Bonchev–Trinajstić information content (AvgIpc) is 1.98. The third kappa shape index (κ3) is 5.57. The predicted molar refractivity (Wildman–Crippen MR) is 39.3 cm³/mol. The van der Waals surface area contributed by atoms with Crippen molar-refractivity contribution >= 4 is 0 Å². The molecule has 0 fully saturated rings. The zero-order valence-corrected chi connectivity index (χ0v) is 6.13. The number of methoxy groups -OCH3 is 1. The highest BCUT2D eigenvalue weighted by molar-refractivity contribution is 5.00. The van der Waals surface area contributed by atoms with Gasteiger partial charge in [0.25, 0.3) is 0 Å². The van der Waals surface area contributed by atoms with Crippen molar-refractivity contribution < 1.29 is 9.84 Å². The minimum atomic E-state index is -0.218. The number of hydrogen-bond acceptors (Lipinski definition) is 3. The summed E-state index contributed by atoms with van der Waals surface area (Å²) in [6.07, 6.45) is 0.528. The molecule has 0 aliphatic carbocycles. The highest BCUT2D eigenvalue weighted by Crippen LogP contribution is 1.81. The molecular formula is C7H13NO2. The van der Waals surface area contributed by atoms with E-state index >= 15 is 0 Å². The van der Waals surface area contributed by atoms with E-state index in [-0.39, 0.29) is 12.6 Å². The van der Waals surface area contributed by atoms with Crippen molar-refractivity contribution in [1.29, 1.82) is 0 Å². The van der Waals surface area contributed by atoms with E-state index in [1.54, 1.807) is 7.11 Å². The molecule has 1 atom stereocenters. The van der Waals surface area contributed by atoms with Gasteiger partial charge in [-0.25, -0.2) is 0 Å². The molecule has 0 saturated carbocycles. The Morgan fingerprint density at radius 2 is 2.30 bits per heavy atom. The van der Waals surface area contributed by atoms with E-state index in [0.29, 0.717) is 13.0 Å². The second-order valence-electron chi connectivity index (χ2n) is 1.93. The molecule has 0 aromatic rings. The smallest absolute Gasteiger partial charge is 0.107 e. The molecule has 0 rings (SSSR count). The van der Waals surface area contributed by atoms with Gasteiger partial charge in [0.05, 0.1) is 6.61 Å². The predicted octanol–water partition coefficient (Wildman–Crippen LogP) is -0.654. The van der Waals surface area contributed by atoms with Crippen LogP contribution in [0.4, 0.5) is 0 Å². The van der Waals surface area contributed by atoms with Gasteiger partial charge in [0.15, 0.2) is 0 Å². The van der Waals surface area contributed by atoms with E-state index in [1.165, 1.54) is 0 Å². The fourth-order valence-corrected chi connectivity index (χ4v) is 0.391. The van der Waals surface area contributed by atoms with Crippen LogP contribution in [0.3, 0.4) is 0 Å². The van der Waals surface area contributed by atoms with Crippen molar-refractivity contribution in [3.05, 3.63) is 0 Å². The van der Waals surface area contributed by atoms with Crippen LogP contribution in [0.15, 0.2) is 0 Å². The number of aliphatic hydroxyl groups excluding tert-OH is 1. The maximum Gasteiger partial charge on any atom is 0.107 e. The Morgan fingerprint density at radius 3 is 2.80 bits per heavy atom. The van der Waals surface area contributed by atoms with Gasteiger partial charge in [-0.05, 0) is 0 Å². The molecule has 0 spiro atoms. The van der Waals surface area contributed by atoms with Gasteiger partial charge in [0.1, 0.15) is 6.61 Å². The molecular weight excluding hydrogens is 130 g/mol. The van der Waals surface area contributed by atoms with Gasteiger partial charge < -0.3 is 15.6 Å². The van der Waals surface area contributed by atoms with Crippen molar-refractivity contribution in [2.45, 2.75) is 12.5 Å². The molecule has 0 heterocycles. The second-order valence-corrected chi connectivity index (χ2v) is 1.93. The summed E-state index contributed by atoms with van der Waals surface area (Å²) in [5.74, 6) is 5.51. The molecule has 0 aliphatic rings. The lowest BCUT2D eigenvalue weighted by atomic mass is 10.2. The number of ether oxygens (including phenoxy) is 1. The van der Waals surface area contributed by atoms with E-state index < -0.39 is 0 Å². The van der Waals surface area contributed by atoms with Crippen LogP contribution in [0.5, 0.6) is 0 Å². The fourth-order valence-electron chi connectivity index (χ4n) is 0.391. The van der Waals surface area contributed by atoms with Crippen LogP contribution >= 0.6 is 0 Å². The Bertz CT molecular complexity index is 125. The van der Waals surface area contributed by atoms with E-state index in [4.69, 9.17) is 10.8 Å². The van der Waals surface area contributed by atoms with Crippen molar-refractivity contribution in [3.8, 4) is 11.8 Å². The van der Waals surface area contributed by atoms with Crippen molar-refractivity contribution in [2.24, 2.45) is 5.73 Å². The summed E-state index contributed by atoms with van der Waals surface area (Å²) in [5.41, 5.74) is 5.36. The normalized spacial score (nSPS) is 11.9. The molecule has 3 heteroatoms. The van der Waals surface area contributed by atoms with E-state index in [2.05, 4.69) is 16.6 Å². The summed E-state index contributed by atoms with van der Waals surface area (Å²) in [4.78, 5) is 0. The van der Waals surface area contributed by atoms with Crippen LogP contribution in [-0.2, 0) is 4.74 Å². The molecule has 10 heavy (non-hydrogen) atoms. The average molecular weight is 143 g/mol. The van der Waals surface area contributed by atoms with Crippen LogP contribution in [0.2, 0.25) is 0 Å².